The van der Waals surface area contributed by atoms with Gasteiger partial charge in [0.1, 0.15) is 34.5 Å². The molecule has 518 valence electrons. The average Bonchev–Trinajstić information content (AvgIpc) is 0.867. The summed E-state index contributed by atoms with van der Waals surface area (Å²) in [7, 11) is -3.72. The van der Waals surface area contributed by atoms with E-state index >= 15 is 0 Å². The second-order valence-corrected chi connectivity index (χ2v) is 26.9. The van der Waals surface area contributed by atoms with Crippen LogP contribution in [0.3, 0.4) is 0 Å². The second kappa shape index (κ2) is 41.9. The van der Waals surface area contributed by atoms with Crippen molar-refractivity contribution in [2.45, 2.75) is 198 Å². The number of carbonyl (C=O) groups is 3. The number of hydrogen-bond donors (Lipinski definition) is 9. The fourth-order valence-corrected chi connectivity index (χ4v) is 12.3. The summed E-state index contributed by atoms with van der Waals surface area (Å²) >= 11 is 11.6. The number of phenols is 5. The quantitative estimate of drug-likeness (QED) is 0.0182. The molecule has 7 aromatic rings. The van der Waals surface area contributed by atoms with Crippen LogP contribution in [0.1, 0.15) is 201 Å². The number of nitrogens with one attached hydrogen (secondary N) is 4. The topological polar surface area (TPSA) is 244 Å². The van der Waals surface area contributed by atoms with Crippen molar-refractivity contribution in [2.75, 3.05) is 29.1 Å². The van der Waals surface area contributed by atoms with E-state index in [9.17, 15) is 48.3 Å². The number of halogens is 2. The summed E-state index contributed by atoms with van der Waals surface area (Å²) in [6.45, 7) is 27.8. The number of hydrogen-bond acceptors (Lipinski definition) is 11. The number of carbonyl (C=O) groups excluding carboxylic acids is 3. The maximum atomic E-state index is 12.8. The maximum absolute atomic E-state index is 12.8. The van der Waals surface area contributed by atoms with Gasteiger partial charge < -0.3 is 46.2 Å². The van der Waals surface area contributed by atoms with E-state index in [0.29, 0.717) is 63.1 Å². The summed E-state index contributed by atoms with van der Waals surface area (Å²) in [6.07, 6.45) is 17.7. The van der Waals surface area contributed by atoms with E-state index in [0.717, 1.165) is 95.0 Å². The summed E-state index contributed by atoms with van der Waals surface area (Å²) in [4.78, 5) is 36.2. The molecular weight excluding hydrogens is 1260 g/mol. The SMILES string of the molecule is CC(=O)Nc1cc(C)ccc1O.CCCCC(CC)CNS(=O)(=O)c1cccc(C(=O)Nc2cc(C)cc(C)c2O)c1.CCCCCCCCCCCCOc1ccccc1C(=O)Nc1cc(C)cc(C)c1O.CCc1c(C)cc(C)c(O)c1Cl.Cc1cc(C)c(O)c(Cl)c1. The molecule has 0 aromatic heterocycles. The first-order valence-corrected chi connectivity index (χ1v) is 35.3. The largest absolute Gasteiger partial charge is 0.506 e. The molecule has 0 spiro atoms. The van der Waals surface area contributed by atoms with Crippen LogP contribution in [0.25, 0.3) is 0 Å². The van der Waals surface area contributed by atoms with Crippen LogP contribution in [0.5, 0.6) is 34.5 Å². The van der Waals surface area contributed by atoms with Gasteiger partial charge >= 0.3 is 0 Å². The van der Waals surface area contributed by atoms with E-state index in [1.54, 1.807) is 61.5 Å². The molecule has 7 rings (SSSR count). The molecule has 7 aromatic carbocycles. The monoisotopic (exact) mass is 1360 g/mol. The fourth-order valence-electron chi connectivity index (χ4n) is 10.4. The van der Waals surface area contributed by atoms with Crippen LogP contribution in [0.4, 0.5) is 17.1 Å². The zero-order valence-electron chi connectivity index (χ0n) is 58.3. The van der Waals surface area contributed by atoms with Gasteiger partial charge in [-0.3, -0.25) is 14.4 Å². The Labute approximate surface area is 576 Å². The van der Waals surface area contributed by atoms with E-state index in [4.69, 9.17) is 27.9 Å². The summed E-state index contributed by atoms with van der Waals surface area (Å²) in [5.74, 6) is 0.525. The van der Waals surface area contributed by atoms with E-state index < -0.39 is 15.9 Å². The van der Waals surface area contributed by atoms with Gasteiger partial charge in [-0.2, -0.15) is 0 Å². The smallest absolute Gasteiger partial charge is 0.259 e. The molecule has 0 heterocycles. The van der Waals surface area contributed by atoms with Crippen LogP contribution in [0.15, 0.2) is 114 Å². The number of para-hydroxylation sites is 1. The van der Waals surface area contributed by atoms with Crippen LogP contribution in [0.2, 0.25) is 10.0 Å². The Morgan fingerprint density at radius 1 is 0.505 bits per heavy atom. The van der Waals surface area contributed by atoms with E-state index in [1.807, 2.05) is 105 Å². The average molecular weight is 1360 g/mol. The van der Waals surface area contributed by atoms with E-state index in [-0.39, 0.29) is 51.0 Å². The molecule has 95 heavy (non-hydrogen) atoms. The molecule has 15 nitrogen and oxygen atoms in total. The molecule has 0 radical (unpaired) electrons. The molecule has 0 bridgehead atoms. The second-order valence-electron chi connectivity index (χ2n) is 24.3. The number of ether oxygens (including phenoxy) is 1. The summed E-state index contributed by atoms with van der Waals surface area (Å²) < 4.78 is 34.0. The molecule has 0 saturated heterocycles. The zero-order valence-corrected chi connectivity index (χ0v) is 60.7. The van der Waals surface area contributed by atoms with Crippen molar-refractivity contribution in [3.63, 3.8) is 0 Å². The van der Waals surface area contributed by atoms with Gasteiger partial charge in [0.05, 0.1) is 44.2 Å². The van der Waals surface area contributed by atoms with Gasteiger partial charge in [-0.25, -0.2) is 13.1 Å². The Morgan fingerprint density at radius 2 is 1.02 bits per heavy atom. The predicted molar refractivity (Wildman–Crippen MR) is 391 cm³/mol. The van der Waals surface area contributed by atoms with E-state index in [1.165, 1.54) is 70.4 Å². The van der Waals surface area contributed by atoms with Crippen molar-refractivity contribution < 1.29 is 53.1 Å². The normalized spacial score (nSPS) is 11.0. The highest BCUT2D eigenvalue weighted by Crippen LogP contribution is 2.35. The molecule has 18 heteroatoms. The van der Waals surface area contributed by atoms with Gasteiger partial charge in [-0.15, -0.1) is 0 Å². The van der Waals surface area contributed by atoms with Crippen molar-refractivity contribution in [3.8, 4) is 34.5 Å². The molecule has 3 amide bonds. The number of aryl methyl sites for hydroxylation is 9. The van der Waals surface area contributed by atoms with Gasteiger partial charge in [0.15, 0.2) is 0 Å². The lowest BCUT2D eigenvalue weighted by atomic mass is 10.00. The van der Waals surface area contributed by atoms with Crippen LogP contribution in [-0.2, 0) is 21.2 Å². The van der Waals surface area contributed by atoms with Crippen LogP contribution in [0, 0.1) is 68.2 Å². The predicted octanol–water partition coefficient (Wildman–Crippen LogP) is 19.9. The summed E-state index contributed by atoms with van der Waals surface area (Å²) in [5, 5.41) is 57.4. The van der Waals surface area contributed by atoms with Gasteiger partial charge in [-0.05, 0) is 204 Å². The first-order valence-electron chi connectivity index (χ1n) is 33.0. The van der Waals surface area contributed by atoms with Gasteiger partial charge in [-0.1, -0.05) is 176 Å². The maximum Gasteiger partial charge on any atom is 0.259 e. The van der Waals surface area contributed by atoms with Crippen LogP contribution in [-0.4, -0.2) is 64.8 Å². The van der Waals surface area contributed by atoms with Gasteiger partial charge in [0, 0.05) is 19.0 Å². The van der Waals surface area contributed by atoms with Crippen LogP contribution >= 0.6 is 23.2 Å². The number of benzene rings is 7. The third-order valence-corrected chi connectivity index (χ3v) is 17.9. The summed E-state index contributed by atoms with van der Waals surface area (Å²) in [6, 6.07) is 31.0. The Balaban J connectivity index is 0.000000336. The lowest BCUT2D eigenvalue weighted by Gasteiger charge is -2.16. The number of anilines is 3. The lowest BCUT2D eigenvalue weighted by Crippen LogP contribution is -2.29. The number of aromatic hydroxyl groups is 5. The molecule has 0 saturated carbocycles. The Morgan fingerprint density at radius 3 is 1.57 bits per heavy atom. The number of amides is 3. The van der Waals surface area contributed by atoms with Crippen LogP contribution < -0.4 is 25.4 Å². The third-order valence-electron chi connectivity index (χ3n) is 15.8. The minimum absolute atomic E-state index is 0.00270. The molecule has 9 N–H and O–H groups in total. The van der Waals surface area contributed by atoms with Gasteiger partial charge in [0.2, 0.25) is 15.9 Å². The standard InChI is InChI=1S/C27H39NO3.C23H32N2O4S.C10H13ClO.C9H11NO2.C8H9ClO/c1-4-5-6-7-8-9-10-11-12-15-18-31-25-17-14-13-16-23(25)27(30)28-24-20-21(2)19-22(3)26(24)29;1-5-7-9-18(6-2)15-24-30(28,29)20-11-8-10-19(14-20)23(27)25-21-13-16(3)12-17(4)22(21)26;1-4-8-6(2)5-7(3)10(12)9(8)11;1-6-3-4-9(12)8(5-6)10-7(2)11;1-5-3-6(2)8(10)7(9)4-5/h13-14,16-17,19-20,29H,4-12,15,18H2,1-3H3,(H,28,30);8,10-14,18,24,26H,5-7,9,15H2,1-4H3,(H,25,27);5,12H,4H2,1-3H3;3-5,12H,1-2H3,(H,10,11);3-4,10H,1-2H3. The third kappa shape index (κ3) is 28.2. The fraction of sp³-hybridized carbons (Fsp3) is 0.416. The molecule has 0 aliphatic carbocycles. The van der Waals surface area contributed by atoms with E-state index in [2.05, 4.69) is 41.4 Å². The van der Waals surface area contributed by atoms with Crippen molar-refractivity contribution in [3.05, 3.63) is 186 Å². The number of unbranched alkanes of at least 4 members (excludes halogenated alkanes) is 10. The molecule has 1 atom stereocenters. The minimum Gasteiger partial charge on any atom is -0.506 e. The highest BCUT2D eigenvalue weighted by Gasteiger charge is 2.20. The Hall–Kier alpha value is -7.76. The number of phenolic OH excluding ortho intramolecular Hbond substituents is 5. The van der Waals surface area contributed by atoms with Crippen molar-refractivity contribution in [1.29, 1.82) is 0 Å². The first-order chi connectivity index (χ1) is 45.0. The molecule has 0 aliphatic rings. The zero-order chi connectivity index (χ0) is 71.0. The van der Waals surface area contributed by atoms with Gasteiger partial charge in [0.25, 0.3) is 11.8 Å². The first kappa shape index (κ1) is 81.5. The highest BCUT2D eigenvalue weighted by molar-refractivity contribution is 7.89. The number of sulfonamides is 1. The van der Waals surface area contributed by atoms with Crippen molar-refractivity contribution in [2.24, 2.45) is 5.92 Å². The van der Waals surface area contributed by atoms with Crippen molar-refractivity contribution in [1.82, 2.24) is 4.72 Å². The lowest BCUT2D eigenvalue weighted by molar-refractivity contribution is -0.114. The van der Waals surface area contributed by atoms with Crippen molar-refractivity contribution >= 4 is 68.0 Å². The molecule has 0 fully saturated rings. The number of rotatable bonds is 26. The minimum atomic E-state index is -3.72. The highest BCUT2D eigenvalue weighted by atomic mass is 35.5. The Kier molecular flexibility index (Phi) is 36.0. The summed E-state index contributed by atoms with van der Waals surface area (Å²) in [5.41, 5.74) is 11.1. The molecule has 0 aliphatic heterocycles. The Bertz CT molecular complexity index is 3700. The molecular formula is C77H104Cl2N4O11S. The molecule has 1 unspecified atom stereocenters.